The lowest BCUT2D eigenvalue weighted by Gasteiger charge is -2.26. The molecule has 3 heterocycles. The van der Waals surface area contributed by atoms with Gasteiger partial charge in [-0.25, -0.2) is 9.97 Å². The molecule has 2 aromatic heterocycles. The molecule has 0 saturated carbocycles. The number of hydrogen-bond acceptors (Lipinski definition) is 6. The van der Waals surface area contributed by atoms with Gasteiger partial charge in [-0.1, -0.05) is 18.2 Å². The molecule has 0 spiro atoms. The smallest absolute Gasteiger partial charge is 0.270 e. The molecule has 0 unspecified atom stereocenters. The Balaban J connectivity index is 1.51. The molecule has 0 aliphatic carbocycles. The quantitative estimate of drug-likeness (QED) is 0.730. The van der Waals surface area contributed by atoms with Crippen LogP contribution in [0.5, 0.6) is 0 Å². The molecular formula is C20H21N5O3. The van der Waals surface area contributed by atoms with E-state index in [0.717, 1.165) is 10.9 Å². The molecule has 0 radical (unpaired) electrons. The van der Waals surface area contributed by atoms with Gasteiger partial charge in [-0.2, -0.15) is 0 Å². The van der Waals surface area contributed by atoms with Crippen molar-refractivity contribution >= 4 is 22.8 Å². The molecule has 1 saturated heterocycles. The van der Waals surface area contributed by atoms with E-state index in [0.29, 0.717) is 37.8 Å². The van der Waals surface area contributed by atoms with Gasteiger partial charge in [0.05, 0.1) is 18.7 Å². The molecule has 1 fully saturated rings. The van der Waals surface area contributed by atoms with Gasteiger partial charge in [-0.15, -0.1) is 0 Å². The van der Waals surface area contributed by atoms with Crippen molar-refractivity contribution in [2.24, 2.45) is 7.05 Å². The first-order chi connectivity index (χ1) is 13.6. The van der Waals surface area contributed by atoms with Gasteiger partial charge >= 0.3 is 0 Å². The number of ether oxygens (including phenoxy) is 1. The van der Waals surface area contributed by atoms with Crippen molar-refractivity contribution in [3.8, 4) is 0 Å². The second-order valence-corrected chi connectivity index (χ2v) is 6.62. The summed E-state index contributed by atoms with van der Waals surface area (Å²) in [4.78, 5) is 35.7. The predicted octanol–water partition coefficient (Wildman–Crippen LogP) is 1.10. The highest BCUT2D eigenvalue weighted by Gasteiger charge is 2.16. The number of aryl methyl sites for hydroxylation is 1. The van der Waals surface area contributed by atoms with Crippen molar-refractivity contribution in [1.82, 2.24) is 19.9 Å². The molecule has 0 bridgehead atoms. The number of benzene rings is 1. The molecule has 4 rings (SSSR count). The Hall–Kier alpha value is -3.26. The lowest BCUT2D eigenvalue weighted by Crippen LogP contribution is -2.37. The van der Waals surface area contributed by atoms with Crippen molar-refractivity contribution in [3.63, 3.8) is 0 Å². The first kappa shape index (κ1) is 18.1. The van der Waals surface area contributed by atoms with Crippen molar-refractivity contribution in [2.45, 2.75) is 6.54 Å². The number of fused-ring (bicyclic) bond motifs is 1. The van der Waals surface area contributed by atoms with Crippen LogP contribution in [0.3, 0.4) is 0 Å². The summed E-state index contributed by atoms with van der Waals surface area (Å²) in [7, 11) is 1.73. The normalized spacial score (nSPS) is 14.2. The number of nitrogens with one attached hydrogen (secondary N) is 1. The third kappa shape index (κ3) is 3.59. The van der Waals surface area contributed by atoms with Gasteiger partial charge in [0.25, 0.3) is 11.5 Å². The van der Waals surface area contributed by atoms with Gasteiger partial charge < -0.3 is 19.5 Å². The number of para-hydroxylation sites is 1. The summed E-state index contributed by atoms with van der Waals surface area (Å²) in [6, 6.07) is 11.0. The summed E-state index contributed by atoms with van der Waals surface area (Å²) >= 11 is 0. The van der Waals surface area contributed by atoms with E-state index < -0.39 is 0 Å². The molecule has 3 aromatic rings. The lowest BCUT2D eigenvalue weighted by atomic mass is 10.1. The highest BCUT2D eigenvalue weighted by Crippen LogP contribution is 2.13. The largest absolute Gasteiger partial charge is 0.378 e. The zero-order valence-electron chi connectivity index (χ0n) is 15.6. The second-order valence-electron chi connectivity index (χ2n) is 6.62. The number of hydrogen-bond donors (Lipinski definition) is 1. The van der Waals surface area contributed by atoms with Crippen LogP contribution in [-0.4, -0.2) is 46.7 Å². The Labute approximate surface area is 161 Å². The molecule has 1 amide bonds. The first-order valence-corrected chi connectivity index (χ1v) is 9.15. The van der Waals surface area contributed by atoms with Crippen LogP contribution in [0.2, 0.25) is 0 Å². The van der Waals surface area contributed by atoms with Crippen LogP contribution in [0, 0.1) is 0 Å². The number of pyridine rings is 1. The minimum Gasteiger partial charge on any atom is -0.378 e. The van der Waals surface area contributed by atoms with Crippen molar-refractivity contribution in [2.75, 3.05) is 31.2 Å². The Morgan fingerprint density at radius 3 is 2.82 bits per heavy atom. The monoisotopic (exact) mass is 379 g/mol. The van der Waals surface area contributed by atoms with E-state index in [1.54, 1.807) is 23.9 Å². The van der Waals surface area contributed by atoms with Gasteiger partial charge in [-0.3, -0.25) is 9.59 Å². The molecule has 28 heavy (non-hydrogen) atoms. The minimum absolute atomic E-state index is 0.129. The van der Waals surface area contributed by atoms with E-state index in [9.17, 15) is 9.59 Å². The number of carbonyl (C=O) groups excluding carboxylic acids is 1. The fourth-order valence-corrected chi connectivity index (χ4v) is 3.27. The number of morpholine rings is 1. The second kappa shape index (κ2) is 7.77. The van der Waals surface area contributed by atoms with Crippen LogP contribution in [-0.2, 0) is 18.3 Å². The van der Waals surface area contributed by atoms with E-state index in [2.05, 4.69) is 15.3 Å². The molecule has 1 N–H and O–H groups in total. The number of carbonyl (C=O) groups is 1. The number of nitrogens with zero attached hydrogens (tertiary/aromatic N) is 4. The summed E-state index contributed by atoms with van der Waals surface area (Å²) in [5.74, 6) is 0.171. The van der Waals surface area contributed by atoms with Crippen molar-refractivity contribution in [3.05, 3.63) is 64.2 Å². The fourth-order valence-electron chi connectivity index (χ4n) is 3.27. The number of aromatic nitrogens is 3. The van der Waals surface area contributed by atoms with Crippen LogP contribution in [0.4, 0.5) is 5.95 Å². The zero-order valence-corrected chi connectivity index (χ0v) is 15.6. The summed E-state index contributed by atoms with van der Waals surface area (Å²) in [5.41, 5.74) is 1.52. The third-order valence-corrected chi connectivity index (χ3v) is 4.82. The van der Waals surface area contributed by atoms with Crippen LogP contribution in [0.25, 0.3) is 10.9 Å². The summed E-state index contributed by atoms with van der Waals surface area (Å²) in [6.45, 7) is 2.75. The SMILES string of the molecule is Cn1c(=O)c(CNC(=O)c2ccnc(N3CCOCC3)n2)cc2ccccc21. The Kier molecular flexibility index (Phi) is 5.03. The van der Waals surface area contributed by atoms with Gasteiger partial charge in [0.2, 0.25) is 5.95 Å². The molecule has 1 aliphatic heterocycles. The van der Waals surface area contributed by atoms with E-state index >= 15 is 0 Å². The third-order valence-electron chi connectivity index (χ3n) is 4.82. The average Bonchev–Trinajstić information content (AvgIpc) is 2.76. The topological polar surface area (TPSA) is 89.4 Å². The highest BCUT2D eigenvalue weighted by atomic mass is 16.5. The van der Waals surface area contributed by atoms with Gasteiger partial charge in [0, 0.05) is 38.4 Å². The lowest BCUT2D eigenvalue weighted by molar-refractivity contribution is 0.0945. The zero-order chi connectivity index (χ0) is 19.5. The van der Waals surface area contributed by atoms with Crippen LogP contribution < -0.4 is 15.8 Å². The maximum Gasteiger partial charge on any atom is 0.270 e. The molecule has 1 aromatic carbocycles. The predicted molar refractivity (Wildman–Crippen MR) is 105 cm³/mol. The van der Waals surface area contributed by atoms with Crippen LogP contribution in [0.1, 0.15) is 16.1 Å². The minimum atomic E-state index is -0.341. The average molecular weight is 379 g/mol. The molecular weight excluding hydrogens is 358 g/mol. The van der Waals surface area contributed by atoms with Crippen molar-refractivity contribution in [1.29, 1.82) is 0 Å². The molecule has 8 nitrogen and oxygen atoms in total. The van der Waals surface area contributed by atoms with E-state index in [-0.39, 0.29) is 23.7 Å². The van der Waals surface area contributed by atoms with Gasteiger partial charge in [0.1, 0.15) is 5.69 Å². The Morgan fingerprint density at radius 1 is 1.21 bits per heavy atom. The molecule has 0 atom stereocenters. The van der Waals surface area contributed by atoms with Gasteiger partial charge in [0.15, 0.2) is 0 Å². The molecule has 144 valence electrons. The molecule has 8 heteroatoms. The standard InChI is InChI=1S/C20H21N5O3/c1-24-17-5-3-2-4-14(17)12-15(19(24)27)13-22-18(26)16-6-7-21-20(23-16)25-8-10-28-11-9-25/h2-7,12H,8-11,13H2,1H3,(H,22,26). The Morgan fingerprint density at radius 2 is 2.00 bits per heavy atom. The molecule has 1 aliphatic rings. The fraction of sp³-hybridized carbons (Fsp3) is 0.300. The first-order valence-electron chi connectivity index (χ1n) is 9.15. The maximum absolute atomic E-state index is 12.6. The van der Waals surface area contributed by atoms with Crippen LogP contribution >= 0.6 is 0 Å². The Bertz CT molecular complexity index is 1070. The summed E-state index contributed by atoms with van der Waals surface area (Å²) in [6.07, 6.45) is 1.57. The summed E-state index contributed by atoms with van der Waals surface area (Å²) in [5, 5.41) is 3.74. The van der Waals surface area contributed by atoms with E-state index in [1.165, 1.54) is 0 Å². The number of rotatable bonds is 4. The van der Waals surface area contributed by atoms with Gasteiger partial charge in [-0.05, 0) is 23.6 Å². The number of amides is 1. The van der Waals surface area contributed by atoms with E-state index in [4.69, 9.17) is 4.74 Å². The summed E-state index contributed by atoms with van der Waals surface area (Å²) < 4.78 is 6.92. The van der Waals surface area contributed by atoms with Crippen molar-refractivity contribution < 1.29 is 9.53 Å². The number of anilines is 1. The maximum atomic E-state index is 12.6. The highest BCUT2D eigenvalue weighted by molar-refractivity contribution is 5.92. The van der Waals surface area contributed by atoms with E-state index in [1.807, 2.05) is 35.2 Å². The van der Waals surface area contributed by atoms with Crippen LogP contribution in [0.15, 0.2) is 47.4 Å².